The van der Waals surface area contributed by atoms with E-state index in [-0.39, 0.29) is 47.9 Å². The lowest BCUT2D eigenvalue weighted by atomic mass is 10.1. The van der Waals surface area contributed by atoms with Gasteiger partial charge in [0.1, 0.15) is 126 Å². The first-order valence-electron chi connectivity index (χ1n) is 23.7. The van der Waals surface area contributed by atoms with Gasteiger partial charge in [-0.3, -0.25) is 0 Å². The number of aromatic nitrogens is 8. The molecule has 0 spiro atoms. The van der Waals surface area contributed by atoms with Gasteiger partial charge in [-0.1, -0.05) is 109 Å². The molecular weight excluding hydrogens is 1190 g/mol. The average molecular weight is 1240 g/mol. The fourth-order valence-electron chi connectivity index (χ4n) is 6.26. The third-order valence-electron chi connectivity index (χ3n) is 10.2. The third-order valence-corrected chi connectivity index (χ3v) is 11.4. The Labute approximate surface area is 498 Å². The summed E-state index contributed by atoms with van der Waals surface area (Å²) in [6.07, 6.45) is 6.19. The minimum absolute atomic E-state index is 0.0933. The monoisotopic (exact) mass is 1240 g/mol. The van der Waals surface area contributed by atoms with Crippen LogP contribution in [0.1, 0.15) is 50.1 Å². The predicted molar refractivity (Wildman–Crippen MR) is 312 cm³/mol. The number of alkyl halides is 3. The maximum atomic E-state index is 12.7. The molecule has 0 unspecified atom stereocenters. The number of halogens is 7. The smallest absolute Gasteiger partial charge is 0.416 e. The third kappa shape index (κ3) is 21.4. The van der Waals surface area contributed by atoms with Gasteiger partial charge in [0.2, 0.25) is 23.5 Å². The fraction of sp³-hybridized carbons (Fsp3) is 0.170. The van der Waals surface area contributed by atoms with Crippen molar-refractivity contribution in [1.29, 1.82) is 0 Å². The van der Waals surface area contributed by atoms with Crippen LogP contribution in [0.3, 0.4) is 0 Å². The molecule has 0 saturated heterocycles. The van der Waals surface area contributed by atoms with E-state index < -0.39 is 11.7 Å². The zero-order chi connectivity index (χ0) is 60.9. The molecule has 0 amide bonds. The van der Waals surface area contributed by atoms with Crippen LogP contribution < -0.4 is 41.9 Å². The SMILES string of the molecule is CO/N=C/c1c(N)ncnc1OCc1ccc(Cl)c(Cl)c1.CO/N=C/c1c(N)ncnc1OCc1cccc(C(F)(F)F)c1.CO/N=C/c1c(N)ncnc1OCc1cccc(Cl)c1.CO/N=C/c1c(N)ncnc1OCc1cccc(Cl)c1. The van der Waals surface area contributed by atoms with Crippen molar-refractivity contribution in [1.82, 2.24) is 39.9 Å². The van der Waals surface area contributed by atoms with E-state index in [0.717, 1.165) is 28.8 Å². The summed E-state index contributed by atoms with van der Waals surface area (Å²) in [5.41, 5.74) is 26.9. The Morgan fingerprint density at radius 3 is 1.01 bits per heavy atom. The molecule has 0 saturated carbocycles. The molecule has 0 aliphatic heterocycles. The molecule has 4 heterocycles. The number of ether oxygens (including phenoxy) is 4. The van der Waals surface area contributed by atoms with Crippen molar-refractivity contribution >= 4 is 94.5 Å². The summed E-state index contributed by atoms with van der Waals surface area (Å²) in [6, 6.07) is 24.8. The highest BCUT2D eigenvalue weighted by Gasteiger charge is 2.30. The molecule has 440 valence electrons. The molecule has 8 N–H and O–H groups in total. The summed E-state index contributed by atoms with van der Waals surface area (Å²) in [5.74, 6) is 1.94. The molecule has 0 aliphatic carbocycles. The number of benzene rings is 4. The molecule has 4 aromatic heterocycles. The molecule has 0 aliphatic rings. The van der Waals surface area contributed by atoms with Gasteiger partial charge in [0.05, 0.1) is 40.5 Å². The van der Waals surface area contributed by atoms with Crippen LogP contribution >= 0.6 is 46.4 Å². The molecular formula is C53H51Cl4F3N16O8. The largest absolute Gasteiger partial charge is 0.472 e. The first-order chi connectivity index (χ1) is 40.4. The molecule has 0 radical (unpaired) electrons. The lowest BCUT2D eigenvalue weighted by Crippen LogP contribution is -2.08. The number of anilines is 4. The second kappa shape index (κ2) is 34.0. The van der Waals surface area contributed by atoms with E-state index in [1.54, 1.807) is 24.3 Å². The van der Waals surface area contributed by atoms with Gasteiger partial charge in [-0.2, -0.15) is 13.2 Å². The summed E-state index contributed by atoms with van der Waals surface area (Å²) in [6.45, 7) is 0.755. The van der Waals surface area contributed by atoms with E-state index in [9.17, 15) is 13.2 Å². The van der Waals surface area contributed by atoms with Crippen molar-refractivity contribution in [2.24, 2.45) is 20.6 Å². The van der Waals surface area contributed by atoms with Gasteiger partial charge in [-0.05, 0) is 70.8 Å². The Balaban J connectivity index is 0.000000205. The van der Waals surface area contributed by atoms with E-state index >= 15 is 0 Å². The molecule has 8 aromatic rings. The van der Waals surface area contributed by atoms with Gasteiger partial charge in [0, 0.05) is 10.0 Å². The van der Waals surface area contributed by atoms with Crippen molar-refractivity contribution in [2.75, 3.05) is 51.4 Å². The second-order valence-corrected chi connectivity index (χ2v) is 17.6. The standard InChI is InChI=1S/C14H13F3N4O2.C13H12Cl2N4O2.2C13H13ClN4O2/c1-22-21-6-11-12(18)19-8-20-13(11)23-7-9-3-2-4-10(5-9)14(15,16)17;1-20-19-5-9-12(16)17-7-18-13(9)21-6-8-2-3-10(14)11(15)4-8;2*1-19-18-6-11-12(15)16-8-17-13(11)20-7-9-3-2-4-10(14)5-9/h2-6,8H,7H2,1H3,(H2,18,19,20);2-5,7H,6H2,1H3,(H2,16,17,18);2*2-6,8H,7H2,1H3,(H2,15,16,17)/b21-6+;19-5+;2*18-6+. The molecule has 8 rings (SSSR count). The van der Waals surface area contributed by atoms with E-state index in [1.807, 2.05) is 42.5 Å². The Kier molecular flexibility index (Phi) is 26.4. The highest BCUT2D eigenvalue weighted by atomic mass is 35.5. The molecule has 0 fully saturated rings. The summed E-state index contributed by atoms with van der Waals surface area (Å²) in [5, 5.41) is 16.7. The molecule has 0 atom stereocenters. The van der Waals surface area contributed by atoms with Crippen molar-refractivity contribution in [3.63, 3.8) is 0 Å². The van der Waals surface area contributed by atoms with Gasteiger partial charge >= 0.3 is 6.18 Å². The van der Waals surface area contributed by atoms with Gasteiger partial charge in [-0.25, -0.2) is 39.9 Å². The maximum Gasteiger partial charge on any atom is 0.416 e. The molecule has 24 nitrogen and oxygen atoms in total. The molecule has 0 bridgehead atoms. The van der Waals surface area contributed by atoms with Gasteiger partial charge in [-0.15, -0.1) is 0 Å². The van der Waals surface area contributed by atoms with Crippen LogP contribution in [0.25, 0.3) is 0 Å². The van der Waals surface area contributed by atoms with Crippen molar-refractivity contribution < 1.29 is 51.5 Å². The zero-order valence-electron chi connectivity index (χ0n) is 44.7. The van der Waals surface area contributed by atoms with Gasteiger partial charge in [0.25, 0.3) is 0 Å². The first kappa shape index (κ1) is 65.2. The summed E-state index contributed by atoms with van der Waals surface area (Å²) in [7, 11) is 5.64. The number of nitrogen functional groups attached to an aromatic ring is 4. The average Bonchev–Trinajstić information content (AvgIpc) is 3.69. The van der Waals surface area contributed by atoms with Crippen LogP contribution in [0.15, 0.2) is 137 Å². The van der Waals surface area contributed by atoms with Gasteiger partial charge in [0.15, 0.2) is 0 Å². The Morgan fingerprint density at radius 1 is 0.405 bits per heavy atom. The molecule has 4 aromatic carbocycles. The van der Waals surface area contributed by atoms with Crippen LogP contribution in [0.4, 0.5) is 36.4 Å². The summed E-state index contributed by atoms with van der Waals surface area (Å²) in [4.78, 5) is 49.8. The lowest BCUT2D eigenvalue weighted by Gasteiger charge is -2.11. The topological polar surface area (TPSA) is 330 Å². The summed E-state index contributed by atoms with van der Waals surface area (Å²) >= 11 is 23.6. The van der Waals surface area contributed by atoms with E-state index in [1.165, 1.54) is 90.7 Å². The maximum absolute atomic E-state index is 12.7. The fourth-order valence-corrected chi connectivity index (χ4v) is 7.01. The highest BCUT2D eigenvalue weighted by Crippen LogP contribution is 2.30. The minimum atomic E-state index is -4.41. The van der Waals surface area contributed by atoms with Crippen LogP contribution in [0, 0.1) is 0 Å². The van der Waals surface area contributed by atoms with Crippen LogP contribution in [0.5, 0.6) is 23.5 Å². The van der Waals surface area contributed by atoms with Crippen molar-refractivity contribution in [3.05, 3.63) is 186 Å². The predicted octanol–water partition coefficient (Wildman–Crippen LogP) is 10.1. The molecule has 84 heavy (non-hydrogen) atoms. The van der Waals surface area contributed by atoms with Crippen LogP contribution in [0.2, 0.25) is 20.1 Å². The summed E-state index contributed by atoms with van der Waals surface area (Å²) < 4.78 is 60.3. The minimum Gasteiger partial charge on any atom is -0.472 e. The Morgan fingerprint density at radius 2 is 0.714 bits per heavy atom. The van der Waals surface area contributed by atoms with E-state index in [2.05, 4.69) is 79.8 Å². The Bertz CT molecular complexity index is 3410. The number of hydrogen-bond acceptors (Lipinski definition) is 24. The van der Waals surface area contributed by atoms with Crippen molar-refractivity contribution in [3.8, 4) is 23.5 Å². The number of hydrogen-bond donors (Lipinski definition) is 4. The first-order valence-corrected chi connectivity index (χ1v) is 25.2. The van der Waals surface area contributed by atoms with Crippen LogP contribution in [-0.2, 0) is 52.0 Å². The Hall–Kier alpha value is -9.57. The quantitative estimate of drug-likeness (QED) is 0.0407. The molecule has 31 heteroatoms. The number of oxime groups is 4. The van der Waals surface area contributed by atoms with Crippen LogP contribution in [-0.4, -0.2) is 93.2 Å². The number of rotatable bonds is 20. The lowest BCUT2D eigenvalue weighted by molar-refractivity contribution is -0.137. The van der Waals surface area contributed by atoms with Crippen molar-refractivity contribution in [2.45, 2.75) is 32.6 Å². The highest BCUT2D eigenvalue weighted by molar-refractivity contribution is 6.42. The second-order valence-electron chi connectivity index (χ2n) is 15.9. The zero-order valence-corrected chi connectivity index (χ0v) is 47.7. The van der Waals surface area contributed by atoms with E-state index in [4.69, 9.17) is 88.3 Å². The van der Waals surface area contributed by atoms with Gasteiger partial charge < -0.3 is 61.2 Å². The van der Waals surface area contributed by atoms with E-state index in [0.29, 0.717) is 73.2 Å². The number of nitrogens with zero attached hydrogens (tertiary/aromatic N) is 12. The normalized spacial score (nSPS) is 11.0. The number of nitrogens with two attached hydrogens (primary N) is 4.